The lowest BCUT2D eigenvalue weighted by Gasteiger charge is -2.49. The van der Waals surface area contributed by atoms with Crippen LogP contribution in [-0.4, -0.2) is 82.1 Å². The Morgan fingerprint density at radius 1 is 1.24 bits per heavy atom. The number of carbonyl (C=O) groups excluding carboxylic acids is 2. The van der Waals surface area contributed by atoms with E-state index >= 15 is 0 Å². The van der Waals surface area contributed by atoms with Gasteiger partial charge in [-0.3, -0.25) is 19.2 Å². The number of hydrogen-bond acceptors (Lipinski definition) is 4. The molecule has 1 aromatic heterocycles. The number of rotatable bonds is 4. The zero-order valence-corrected chi connectivity index (χ0v) is 15.4. The second-order valence-corrected chi connectivity index (χ2v) is 7.40. The second-order valence-electron chi connectivity index (χ2n) is 7.40. The molecule has 0 radical (unpaired) electrons. The van der Waals surface area contributed by atoms with Crippen molar-refractivity contribution in [3.05, 3.63) is 18.5 Å². The predicted molar refractivity (Wildman–Crippen MR) is 94.9 cm³/mol. The topological polar surface area (TPSA) is 61.7 Å². The average Bonchev–Trinajstić information content (AvgIpc) is 3.08. The van der Waals surface area contributed by atoms with E-state index < -0.39 is 0 Å². The molecular formula is C18H29N5O2. The smallest absolute Gasteiger partial charge is 0.222 e. The van der Waals surface area contributed by atoms with Crippen molar-refractivity contribution in [2.24, 2.45) is 0 Å². The number of carbonyl (C=O) groups is 2. The van der Waals surface area contributed by atoms with Crippen molar-refractivity contribution in [3.63, 3.8) is 0 Å². The molecule has 2 aliphatic heterocycles. The third kappa shape index (κ3) is 4.03. The summed E-state index contributed by atoms with van der Waals surface area (Å²) in [6.07, 6.45) is 7.39. The Morgan fingerprint density at radius 2 is 2.08 bits per heavy atom. The van der Waals surface area contributed by atoms with E-state index in [1.165, 1.54) is 0 Å². The van der Waals surface area contributed by atoms with Crippen molar-refractivity contribution in [1.82, 2.24) is 24.5 Å². The molecule has 3 heterocycles. The van der Waals surface area contributed by atoms with E-state index in [-0.39, 0.29) is 17.4 Å². The zero-order valence-electron chi connectivity index (χ0n) is 15.4. The van der Waals surface area contributed by atoms with Gasteiger partial charge in [0.05, 0.1) is 0 Å². The summed E-state index contributed by atoms with van der Waals surface area (Å²) in [7, 11) is 4.01. The minimum absolute atomic E-state index is 0.0592. The Morgan fingerprint density at radius 3 is 2.84 bits per heavy atom. The molecule has 1 aromatic rings. The maximum Gasteiger partial charge on any atom is 0.222 e. The predicted octanol–water partition coefficient (Wildman–Crippen LogP) is 0.818. The van der Waals surface area contributed by atoms with Crippen LogP contribution < -0.4 is 0 Å². The molecular weight excluding hydrogens is 318 g/mol. The highest BCUT2D eigenvalue weighted by molar-refractivity contribution is 5.77. The van der Waals surface area contributed by atoms with Crippen molar-refractivity contribution < 1.29 is 9.59 Å². The average molecular weight is 347 g/mol. The van der Waals surface area contributed by atoms with Gasteiger partial charge in [0.2, 0.25) is 11.8 Å². The van der Waals surface area contributed by atoms with Crippen LogP contribution >= 0.6 is 0 Å². The molecule has 0 N–H and O–H groups in total. The zero-order chi connectivity index (χ0) is 17.9. The van der Waals surface area contributed by atoms with E-state index in [1.54, 1.807) is 6.20 Å². The first-order valence-corrected chi connectivity index (χ1v) is 9.21. The van der Waals surface area contributed by atoms with Crippen LogP contribution in [0.4, 0.5) is 0 Å². The number of aromatic nitrogens is 2. The van der Waals surface area contributed by atoms with Gasteiger partial charge in [0, 0.05) is 70.5 Å². The number of aryl methyl sites for hydroxylation is 1. The fourth-order valence-electron chi connectivity index (χ4n) is 3.95. The number of nitrogens with zero attached hydrogens (tertiary/aromatic N) is 5. The van der Waals surface area contributed by atoms with Crippen molar-refractivity contribution in [1.29, 1.82) is 0 Å². The molecule has 1 atom stereocenters. The summed E-state index contributed by atoms with van der Waals surface area (Å²) >= 11 is 0. The highest BCUT2D eigenvalue weighted by Crippen LogP contribution is 2.32. The first-order chi connectivity index (χ1) is 12.0. The van der Waals surface area contributed by atoms with Crippen LogP contribution in [0.15, 0.2) is 18.5 Å². The van der Waals surface area contributed by atoms with Crippen LogP contribution in [0.3, 0.4) is 0 Å². The lowest BCUT2D eigenvalue weighted by atomic mass is 9.86. The molecule has 1 spiro atoms. The third-order valence-electron chi connectivity index (χ3n) is 5.83. The molecule has 0 aliphatic carbocycles. The number of amides is 2. The molecule has 0 unspecified atom stereocenters. The molecule has 25 heavy (non-hydrogen) atoms. The number of hydrogen-bond donors (Lipinski definition) is 0. The molecule has 2 saturated heterocycles. The molecule has 138 valence electrons. The van der Waals surface area contributed by atoms with Crippen molar-refractivity contribution in [2.75, 3.05) is 40.3 Å². The Kier molecular flexibility index (Phi) is 5.42. The first kappa shape index (κ1) is 17.9. The van der Waals surface area contributed by atoms with E-state index in [0.29, 0.717) is 12.8 Å². The van der Waals surface area contributed by atoms with Gasteiger partial charge in [-0.05, 0) is 32.4 Å². The largest absolute Gasteiger partial charge is 0.346 e. The van der Waals surface area contributed by atoms with Crippen LogP contribution in [0.25, 0.3) is 0 Å². The van der Waals surface area contributed by atoms with Crippen molar-refractivity contribution in [2.45, 2.75) is 44.2 Å². The van der Waals surface area contributed by atoms with Gasteiger partial charge >= 0.3 is 0 Å². The SMILES string of the molecule is CN1CC[C@]2(CCC1=O)CN(C(=O)CCCn1cccn1)CCN2C. The van der Waals surface area contributed by atoms with Gasteiger partial charge in [-0.2, -0.15) is 5.10 Å². The third-order valence-corrected chi connectivity index (χ3v) is 5.83. The Labute approximate surface area is 149 Å². The molecule has 0 aromatic carbocycles. The van der Waals surface area contributed by atoms with Crippen LogP contribution in [0.1, 0.15) is 32.1 Å². The molecule has 7 nitrogen and oxygen atoms in total. The summed E-state index contributed by atoms with van der Waals surface area (Å²) in [5.74, 6) is 0.441. The standard InChI is InChI=1S/C18H29N5O2/c1-20-12-8-18(7-6-16(20)24)15-22(14-13-21(18)2)17(25)5-3-10-23-11-4-9-19-23/h4,9,11H,3,5-8,10,12-15H2,1-2H3/t18-/m1/s1. The van der Waals surface area contributed by atoms with Crippen LogP contribution in [-0.2, 0) is 16.1 Å². The van der Waals surface area contributed by atoms with Crippen LogP contribution in [0, 0.1) is 0 Å². The van der Waals surface area contributed by atoms with E-state index in [9.17, 15) is 9.59 Å². The number of likely N-dealkylation sites (tertiary alicyclic amines) is 1. The first-order valence-electron chi connectivity index (χ1n) is 9.21. The normalized spacial score (nSPS) is 25.4. The monoisotopic (exact) mass is 347 g/mol. The van der Waals surface area contributed by atoms with Gasteiger partial charge in [0.15, 0.2) is 0 Å². The summed E-state index contributed by atoms with van der Waals surface area (Å²) < 4.78 is 1.87. The quantitative estimate of drug-likeness (QED) is 0.809. The van der Waals surface area contributed by atoms with Gasteiger partial charge in [0.25, 0.3) is 0 Å². The molecule has 2 fully saturated rings. The van der Waals surface area contributed by atoms with Gasteiger partial charge in [-0.25, -0.2) is 0 Å². The lowest BCUT2D eigenvalue weighted by Crippen LogP contribution is -2.62. The maximum atomic E-state index is 12.7. The summed E-state index contributed by atoms with van der Waals surface area (Å²) in [5, 5.41) is 4.18. The molecule has 2 aliphatic rings. The highest BCUT2D eigenvalue weighted by Gasteiger charge is 2.42. The molecule has 0 saturated carbocycles. The Bertz CT molecular complexity index is 603. The Hall–Kier alpha value is -1.89. The van der Waals surface area contributed by atoms with Gasteiger partial charge in [-0.1, -0.05) is 0 Å². The van der Waals surface area contributed by atoms with Gasteiger partial charge < -0.3 is 9.80 Å². The number of likely N-dealkylation sites (N-methyl/N-ethyl adjacent to an activating group) is 1. The van der Waals surface area contributed by atoms with E-state index in [1.807, 2.05) is 33.8 Å². The fourth-order valence-corrected chi connectivity index (χ4v) is 3.95. The van der Waals surface area contributed by atoms with Crippen LogP contribution in [0.5, 0.6) is 0 Å². The van der Waals surface area contributed by atoms with Gasteiger partial charge in [-0.15, -0.1) is 0 Å². The molecule has 2 amide bonds. The molecule has 3 rings (SSSR count). The minimum atomic E-state index is -0.0592. The molecule has 0 bridgehead atoms. The fraction of sp³-hybridized carbons (Fsp3) is 0.722. The van der Waals surface area contributed by atoms with E-state index in [2.05, 4.69) is 17.0 Å². The Balaban J connectivity index is 1.57. The summed E-state index contributed by atoms with van der Waals surface area (Å²) in [5.41, 5.74) is -0.0592. The van der Waals surface area contributed by atoms with Crippen molar-refractivity contribution in [3.8, 4) is 0 Å². The summed E-state index contributed by atoms with van der Waals surface area (Å²) in [4.78, 5) is 30.9. The maximum absolute atomic E-state index is 12.7. The highest BCUT2D eigenvalue weighted by atomic mass is 16.2. The summed E-state index contributed by atoms with van der Waals surface area (Å²) in [6, 6.07) is 1.90. The van der Waals surface area contributed by atoms with Gasteiger partial charge in [0.1, 0.15) is 0 Å². The van der Waals surface area contributed by atoms with E-state index in [4.69, 9.17) is 0 Å². The molecule has 7 heteroatoms. The second kappa shape index (κ2) is 7.56. The van der Waals surface area contributed by atoms with Crippen molar-refractivity contribution >= 4 is 11.8 Å². The van der Waals surface area contributed by atoms with Crippen LogP contribution in [0.2, 0.25) is 0 Å². The van der Waals surface area contributed by atoms with E-state index in [0.717, 1.165) is 52.0 Å². The minimum Gasteiger partial charge on any atom is -0.346 e. The lowest BCUT2D eigenvalue weighted by molar-refractivity contribution is -0.137. The summed E-state index contributed by atoms with van der Waals surface area (Å²) in [6.45, 7) is 3.94. The number of piperazine rings is 1.